The van der Waals surface area contributed by atoms with E-state index in [2.05, 4.69) is 30.9 Å². The number of hydrogen-bond acceptors (Lipinski definition) is 2. The largest absolute Gasteiger partial charge is 0.306 e. The minimum atomic E-state index is 0.846. The predicted molar refractivity (Wildman–Crippen MR) is 51.3 cm³/mol. The first kappa shape index (κ1) is 8.52. The van der Waals surface area contributed by atoms with Gasteiger partial charge in [0, 0.05) is 18.1 Å². The first-order chi connectivity index (χ1) is 5.68. The lowest BCUT2D eigenvalue weighted by molar-refractivity contribution is 0.104. The lowest BCUT2D eigenvalue weighted by atomic mass is 9.97. The van der Waals surface area contributed by atoms with E-state index in [1.807, 2.05) is 0 Å². The van der Waals surface area contributed by atoms with Crippen LogP contribution in [0.1, 0.15) is 25.7 Å². The zero-order valence-electron chi connectivity index (χ0n) is 8.45. The zero-order valence-corrected chi connectivity index (χ0v) is 8.45. The first-order valence-corrected chi connectivity index (χ1v) is 5.07. The Balaban J connectivity index is 2.02. The molecule has 70 valence electrons. The molecule has 2 aliphatic heterocycles. The summed E-state index contributed by atoms with van der Waals surface area (Å²) < 4.78 is 0. The summed E-state index contributed by atoms with van der Waals surface area (Å²) in [6.07, 6.45) is 5.65. The zero-order chi connectivity index (χ0) is 8.72. The van der Waals surface area contributed by atoms with Crippen LogP contribution in [0.15, 0.2) is 0 Å². The highest BCUT2D eigenvalue weighted by molar-refractivity contribution is 4.95. The second-order valence-corrected chi connectivity index (χ2v) is 4.64. The number of nitrogens with zero attached hydrogens (tertiary/aromatic N) is 2. The smallest absolute Gasteiger partial charge is 0.0119 e. The normalized spacial score (nSPS) is 42.5. The number of hydrogen-bond donors (Lipinski definition) is 0. The van der Waals surface area contributed by atoms with Gasteiger partial charge in [-0.05, 0) is 46.8 Å². The van der Waals surface area contributed by atoms with Gasteiger partial charge >= 0.3 is 0 Å². The van der Waals surface area contributed by atoms with Gasteiger partial charge in [-0.25, -0.2) is 0 Å². The Morgan fingerprint density at radius 1 is 1.08 bits per heavy atom. The summed E-state index contributed by atoms with van der Waals surface area (Å²) in [4.78, 5) is 5.00. The monoisotopic (exact) mass is 168 g/mol. The molecule has 2 heterocycles. The molecule has 0 aromatic rings. The Bertz CT molecular complexity index is 153. The van der Waals surface area contributed by atoms with Crippen LogP contribution in [0.2, 0.25) is 0 Å². The van der Waals surface area contributed by atoms with Crippen LogP contribution in [0.4, 0.5) is 0 Å². The Labute approximate surface area is 75.5 Å². The summed E-state index contributed by atoms with van der Waals surface area (Å²) in [7, 11) is 6.74. The molecule has 0 spiro atoms. The number of rotatable bonds is 1. The fourth-order valence-corrected chi connectivity index (χ4v) is 2.80. The molecule has 2 fully saturated rings. The van der Waals surface area contributed by atoms with Crippen LogP contribution < -0.4 is 0 Å². The van der Waals surface area contributed by atoms with Crippen molar-refractivity contribution in [3.8, 4) is 0 Å². The summed E-state index contributed by atoms with van der Waals surface area (Å²) in [6.45, 7) is 0. The van der Waals surface area contributed by atoms with Gasteiger partial charge in [0.05, 0.1) is 0 Å². The maximum absolute atomic E-state index is 2.60. The molecule has 0 N–H and O–H groups in total. The fourth-order valence-electron chi connectivity index (χ4n) is 2.80. The van der Waals surface area contributed by atoms with E-state index in [9.17, 15) is 0 Å². The highest BCUT2D eigenvalue weighted by atomic mass is 15.2. The molecule has 0 aliphatic carbocycles. The van der Waals surface area contributed by atoms with Crippen LogP contribution in [0, 0.1) is 0 Å². The van der Waals surface area contributed by atoms with Crippen LogP contribution in [0.5, 0.6) is 0 Å². The molecule has 3 atom stereocenters. The van der Waals surface area contributed by atoms with E-state index in [-0.39, 0.29) is 0 Å². The maximum Gasteiger partial charge on any atom is 0.0119 e. The summed E-state index contributed by atoms with van der Waals surface area (Å²) >= 11 is 0. The van der Waals surface area contributed by atoms with Gasteiger partial charge in [0.15, 0.2) is 0 Å². The van der Waals surface area contributed by atoms with Crippen LogP contribution >= 0.6 is 0 Å². The molecule has 0 aromatic carbocycles. The van der Waals surface area contributed by atoms with Crippen molar-refractivity contribution >= 4 is 0 Å². The third-order valence-corrected chi connectivity index (χ3v) is 3.80. The minimum Gasteiger partial charge on any atom is -0.306 e. The lowest BCUT2D eigenvalue weighted by Gasteiger charge is -2.39. The topological polar surface area (TPSA) is 6.48 Å². The van der Waals surface area contributed by atoms with E-state index < -0.39 is 0 Å². The standard InChI is InChI=1S/C10H20N2/c1-11(2)10-6-8-4-5-9(7-10)12(8)3/h8-10H,4-7H2,1-3H3/t8-,9+,10-. The van der Waals surface area contributed by atoms with Gasteiger partial charge < -0.3 is 9.80 Å². The van der Waals surface area contributed by atoms with Crippen LogP contribution in [0.25, 0.3) is 0 Å². The van der Waals surface area contributed by atoms with Crippen molar-refractivity contribution in [2.75, 3.05) is 21.1 Å². The Morgan fingerprint density at radius 3 is 2.00 bits per heavy atom. The van der Waals surface area contributed by atoms with Gasteiger partial charge in [-0.2, -0.15) is 0 Å². The quantitative estimate of drug-likeness (QED) is 0.580. The van der Waals surface area contributed by atoms with Gasteiger partial charge in [0.1, 0.15) is 0 Å². The van der Waals surface area contributed by atoms with Crippen molar-refractivity contribution in [2.45, 2.75) is 43.8 Å². The number of fused-ring (bicyclic) bond motifs is 2. The maximum atomic E-state index is 2.60. The Morgan fingerprint density at radius 2 is 1.58 bits per heavy atom. The average Bonchev–Trinajstić information content (AvgIpc) is 2.30. The molecule has 12 heavy (non-hydrogen) atoms. The van der Waals surface area contributed by atoms with E-state index in [1.54, 1.807) is 0 Å². The van der Waals surface area contributed by atoms with Crippen molar-refractivity contribution in [3.05, 3.63) is 0 Å². The van der Waals surface area contributed by atoms with Gasteiger partial charge in [0.2, 0.25) is 0 Å². The second-order valence-electron chi connectivity index (χ2n) is 4.64. The van der Waals surface area contributed by atoms with Crippen molar-refractivity contribution in [2.24, 2.45) is 0 Å². The Hall–Kier alpha value is -0.0800. The molecule has 2 aliphatic rings. The van der Waals surface area contributed by atoms with Crippen molar-refractivity contribution in [1.29, 1.82) is 0 Å². The molecule has 0 amide bonds. The molecule has 0 aromatic heterocycles. The molecular formula is C10H20N2. The van der Waals surface area contributed by atoms with E-state index in [0.29, 0.717) is 0 Å². The predicted octanol–water partition coefficient (Wildman–Crippen LogP) is 1.17. The van der Waals surface area contributed by atoms with Crippen molar-refractivity contribution in [3.63, 3.8) is 0 Å². The molecule has 2 bridgehead atoms. The van der Waals surface area contributed by atoms with E-state index in [4.69, 9.17) is 0 Å². The summed E-state index contributed by atoms with van der Waals surface area (Å²) in [5.41, 5.74) is 0. The molecule has 0 unspecified atom stereocenters. The molecule has 2 rings (SSSR count). The molecular weight excluding hydrogens is 148 g/mol. The molecule has 0 radical (unpaired) electrons. The van der Waals surface area contributed by atoms with E-state index in [1.165, 1.54) is 25.7 Å². The first-order valence-electron chi connectivity index (χ1n) is 5.07. The van der Waals surface area contributed by atoms with Gasteiger partial charge in [-0.15, -0.1) is 0 Å². The molecule has 2 heteroatoms. The number of piperidine rings is 1. The molecule has 2 nitrogen and oxygen atoms in total. The van der Waals surface area contributed by atoms with Crippen molar-refractivity contribution in [1.82, 2.24) is 9.80 Å². The summed E-state index contributed by atoms with van der Waals surface area (Å²) in [6, 6.07) is 2.62. The van der Waals surface area contributed by atoms with E-state index in [0.717, 1.165) is 18.1 Å². The van der Waals surface area contributed by atoms with Crippen LogP contribution in [-0.4, -0.2) is 49.1 Å². The van der Waals surface area contributed by atoms with Gasteiger partial charge in [-0.3, -0.25) is 0 Å². The highest BCUT2D eigenvalue weighted by Crippen LogP contribution is 2.35. The van der Waals surface area contributed by atoms with E-state index >= 15 is 0 Å². The third-order valence-electron chi connectivity index (χ3n) is 3.80. The lowest BCUT2D eigenvalue weighted by Crippen LogP contribution is -2.46. The average molecular weight is 168 g/mol. The molecule has 2 saturated heterocycles. The van der Waals surface area contributed by atoms with Crippen LogP contribution in [-0.2, 0) is 0 Å². The highest BCUT2D eigenvalue weighted by Gasteiger charge is 2.38. The second kappa shape index (κ2) is 3.00. The minimum absolute atomic E-state index is 0.846. The molecule has 0 saturated carbocycles. The third kappa shape index (κ3) is 1.27. The van der Waals surface area contributed by atoms with Crippen LogP contribution in [0.3, 0.4) is 0 Å². The summed E-state index contributed by atoms with van der Waals surface area (Å²) in [5, 5.41) is 0. The SMILES string of the molecule is CN(C)[C@@H]1C[C@H]2CC[C@@H](C1)N2C. The Kier molecular flexibility index (Phi) is 2.13. The fraction of sp³-hybridized carbons (Fsp3) is 1.00. The van der Waals surface area contributed by atoms with Gasteiger partial charge in [0.25, 0.3) is 0 Å². The summed E-state index contributed by atoms with van der Waals surface area (Å²) in [5.74, 6) is 0. The van der Waals surface area contributed by atoms with Gasteiger partial charge in [-0.1, -0.05) is 0 Å². The van der Waals surface area contributed by atoms with Crippen molar-refractivity contribution < 1.29 is 0 Å².